The fraction of sp³-hybridized carbons (Fsp3) is 0.571. The predicted molar refractivity (Wildman–Crippen MR) is 71.9 cm³/mol. The summed E-state index contributed by atoms with van der Waals surface area (Å²) in [4.78, 5) is 13.4. The van der Waals surface area contributed by atoms with Crippen LogP contribution in [0.2, 0.25) is 0 Å². The quantitative estimate of drug-likeness (QED) is 0.905. The lowest BCUT2D eigenvalue weighted by Gasteiger charge is -2.40. The van der Waals surface area contributed by atoms with Crippen LogP contribution in [0.15, 0.2) is 17.5 Å². The third-order valence-corrected chi connectivity index (χ3v) is 4.63. The van der Waals surface area contributed by atoms with Crippen LogP contribution in [-0.2, 0) is 4.79 Å². The summed E-state index contributed by atoms with van der Waals surface area (Å²) in [6, 6.07) is 6.27. The molecule has 1 saturated carbocycles. The van der Waals surface area contributed by atoms with Gasteiger partial charge >= 0.3 is 0 Å². The lowest BCUT2D eigenvalue weighted by molar-refractivity contribution is -0.134. The van der Waals surface area contributed by atoms with Gasteiger partial charge in [-0.25, -0.2) is 0 Å². The lowest BCUT2D eigenvalue weighted by Crippen LogP contribution is -2.48. The number of carbonyl (C=O) groups excluding carboxylic acids is 1. The van der Waals surface area contributed by atoms with Gasteiger partial charge in [-0.1, -0.05) is 19.9 Å². The second kappa shape index (κ2) is 5.11. The van der Waals surface area contributed by atoms with Crippen molar-refractivity contribution in [1.29, 1.82) is 5.26 Å². The molecule has 0 saturated heterocycles. The van der Waals surface area contributed by atoms with E-state index in [1.54, 1.807) is 11.3 Å². The smallest absolute Gasteiger partial charge is 0.241 e. The van der Waals surface area contributed by atoms with E-state index in [0.717, 1.165) is 11.3 Å². The van der Waals surface area contributed by atoms with Crippen LogP contribution in [0.1, 0.15) is 44.0 Å². The van der Waals surface area contributed by atoms with E-state index in [1.807, 2.05) is 24.4 Å². The van der Waals surface area contributed by atoms with Crippen LogP contribution in [0.3, 0.4) is 0 Å². The highest BCUT2D eigenvalue weighted by atomic mass is 32.1. The maximum Gasteiger partial charge on any atom is 0.241 e. The third kappa shape index (κ3) is 2.28. The highest BCUT2D eigenvalue weighted by Gasteiger charge is 2.49. The van der Waals surface area contributed by atoms with Gasteiger partial charge in [0.05, 0.1) is 12.1 Å². The molecule has 0 bridgehead atoms. The summed E-state index contributed by atoms with van der Waals surface area (Å²) < 4.78 is 0. The monoisotopic (exact) mass is 262 g/mol. The normalized spacial score (nSPS) is 27.9. The Morgan fingerprint density at radius 3 is 2.89 bits per heavy atom. The number of hydrogen-bond donors (Lipinski definition) is 1. The van der Waals surface area contributed by atoms with E-state index in [1.165, 1.54) is 0 Å². The minimum atomic E-state index is -0.774. The fourth-order valence-corrected chi connectivity index (χ4v) is 3.48. The molecule has 1 amide bonds. The highest BCUT2D eigenvalue weighted by Crippen LogP contribution is 2.45. The first kappa shape index (κ1) is 13.1. The van der Waals surface area contributed by atoms with Crippen LogP contribution in [0.5, 0.6) is 0 Å². The van der Waals surface area contributed by atoms with Gasteiger partial charge in [-0.15, -0.1) is 11.3 Å². The van der Waals surface area contributed by atoms with E-state index in [4.69, 9.17) is 0 Å². The van der Waals surface area contributed by atoms with Crippen LogP contribution in [0.4, 0.5) is 0 Å². The molecule has 1 aromatic heterocycles. The maximum absolute atomic E-state index is 12.3. The number of amides is 1. The zero-order valence-electron chi connectivity index (χ0n) is 10.8. The van der Waals surface area contributed by atoms with Gasteiger partial charge in [0.1, 0.15) is 5.41 Å². The van der Waals surface area contributed by atoms with Gasteiger partial charge in [-0.05, 0) is 36.6 Å². The van der Waals surface area contributed by atoms with Gasteiger partial charge in [0.2, 0.25) is 5.91 Å². The van der Waals surface area contributed by atoms with Crippen LogP contribution >= 0.6 is 11.3 Å². The molecule has 1 aliphatic rings. The van der Waals surface area contributed by atoms with Gasteiger partial charge in [-0.3, -0.25) is 4.79 Å². The Labute approximate surface area is 112 Å². The minimum absolute atomic E-state index is 0.0404. The Hall–Kier alpha value is -1.34. The highest BCUT2D eigenvalue weighted by molar-refractivity contribution is 7.10. The summed E-state index contributed by atoms with van der Waals surface area (Å²) >= 11 is 1.64. The first-order valence-corrected chi connectivity index (χ1v) is 7.25. The van der Waals surface area contributed by atoms with Crippen LogP contribution in [-0.4, -0.2) is 5.91 Å². The molecule has 0 aromatic carbocycles. The van der Waals surface area contributed by atoms with E-state index in [0.29, 0.717) is 18.8 Å². The Morgan fingerprint density at radius 2 is 2.44 bits per heavy atom. The SMILES string of the molecule is CCC(NC(=O)C1(C#N)CC(C)C1)c1cccs1. The molecule has 18 heavy (non-hydrogen) atoms. The second-order valence-electron chi connectivity index (χ2n) is 5.16. The van der Waals surface area contributed by atoms with Crippen molar-refractivity contribution in [3.05, 3.63) is 22.4 Å². The zero-order chi connectivity index (χ0) is 13.2. The molecule has 0 spiro atoms. The summed E-state index contributed by atoms with van der Waals surface area (Å²) in [5.74, 6) is 0.389. The molecule has 1 unspecified atom stereocenters. The minimum Gasteiger partial charge on any atom is -0.347 e. The Morgan fingerprint density at radius 1 is 1.72 bits per heavy atom. The molecule has 2 rings (SSSR count). The van der Waals surface area contributed by atoms with E-state index in [-0.39, 0.29) is 11.9 Å². The molecule has 1 aromatic rings. The predicted octanol–water partition coefficient (Wildman–Crippen LogP) is 3.26. The first-order valence-electron chi connectivity index (χ1n) is 6.37. The first-order chi connectivity index (χ1) is 8.61. The third-order valence-electron chi connectivity index (χ3n) is 3.64. The number of carbonyl (C=O) groups is 1. The van der Waals surface area contributed by atoms with E-state index in [2.05, 4.69) is 18.3 Å². The van der Waals surface area contributed by atoms with Gasteiger partial charge in [-0.2, -0.15) is 5.26 Å². The zero-order valence-corrected chi connectivity index (χ0v) is 11.6. The van der Waals surface area contributed by atoms with Crippen LogP contribution in [0.25, 0.3) is 0 Å². The number of rotatable bonds is 4. The van der Waals surface area contributed by atoms with Crippen molar-refractivity contribution in [3.63, 3.8) is 0 Å². The largest absolute Gasteiger partial charge is 0.347 e. The summed E-state index contributed by atoms with van der Waals surface area (Å²) in [6.45, 7) is 4.13. The maximum atomic E-state index is 12.3. The van der Waals surface area contributed by atoms with Gasteiger partial charge < -0.3 is 5.32 Å². The Balaban J connectivity index is 2.05. The van der Waals surface area contributed by atoms with Crippen molar-refractivity contribution >= 4 is 17.2 Å². The molecule has 1 heterocycles. The summed E-state index contributed by atoms with van der Waals surface area (Å²) in [6.07, 6.45) is 2.23. The van der Waals surface area contributed by atoms with E-state index < -0.39 is 5.41 Å². The molecular formula is C14H18N2OS. The Kier molecular flexibility index (Phi) is 3.72. The average molecular weight is 262 g/mol. The molecule has 3 nitrogen and oxygen atoms in total. The molecule has 96 valence electrons. The lowest BCUT2D eigenvalue weighted by atomic mass is 9.63. The van der Waals surface area contributed by atoms with E-state index in [9.17, 15) is 10.1 Å². The molecule has 1 fully saturated rings. The number of nitriles is 1. The standard InChI is InChI=1S/C14H18N2OS/c1-3-11(12-5-4-6-18-12)16-13(17)14(9-15)7-10(2)8-14/h4-6,10-11H,3,7-8H2,1-2H3,(H,16,17). The number of nitrogens with one attached hydrogen (secondary N) is 1. The van der Waals surface area contributed by atoms with Crippen molar-refractivity contribution in [2.75, 3.05) is 0 Å². The van der Waals surface area contributed by atoms with Gasteiger partial charge in [0, 0.05) is 4.88 Å². The van der Waals surface area contributed by atoms with Crippen LogP contribution < -0.4 is 5.32 Å². The molecule has 0 radical (unpaired) electrons. The van der Waals surface area contributed by atoms with Gasteiger partial charge in [0.25, 0.3) is 0 Å². The summed E-state index contributed by atoms with van der Waals surface area (Å²) in [5, 5.41) is 14.3. The van der Waals surface area contributed by atoms with Crippen LogP contribution in [0, 0.1) is 22.7 Å². The summed E-state index contributed by atoms with van der Waals surface area (Å²) in [5.41, 5.74) is -0.774. The topological polar surface area (TPSA) is 52.9 Å². The average Bonchev–Trinajstić information content (AvgIpc) is 2.84. The number of thiophene rings is 1. The molecule has 1 atom stereocenters. The molecule has 1 aliphatic carbocycles. The number of hydrogen-bond acceptors (Lipinski definition) is 3. The number of nitrogens with zero attached hydrogens (tertiary/aromatic N) is 1. The second-order valence-corrected chi connectivity index (χ2v) is 6.14. The Bertz CT molecular complexity index is 455. The van der Waals surface area contributed by atoms with Crippen molar-refractivity contribution in [2.45, 2.75) is 39.2 Å². The molecule has 0 aliphatic heterocycles. The van der Waals surface area contributed by atoms with Crippen molar-refractivity contribution in [3.8, 4) is 6.07 Å². The van der Waals surface area contributed by atoms with E-state index >= 15 is 0 Å². The molecular weight excluding hydrogens is 244 g/mol. The fourth-order valence-electron chi connectivity index (χ4n) is 2.62. The summed E-state index contributed by atoms with van der Waals surface area (Å²) in [7, 11) is 0. The molecule has 1 N–H and O–H groups in total. The van der Waals surface area contributed by atoms with Gasteiger partial charge in [0.15, 0.2) is 0 Å². The van der Waals surface area contributed by atoms with Crippen molar-refractivity contribution < 1.29 is 4.79 Å². The van der Waals surface area contributed by atoms with Crippen molar-refractivity contribution in [2.24, 2.45) is 11.3 Å². The molecule has 4 heteroatoms. The van der Waals surface area contributed by atoms with Crippen molar-refractivity contribution in [1.82, 2.24) is 5.32 Å².